The topological polar surface area (TPSA) is 23.5 Å². The van der Waals surface area contributed by atoms with Crippen molar-refractivity contribution in [2.45, 2.75) is 26.2 Å². The normalized spacial score (nSPS) is 14.6. The molecule has 1 heterocycles. The average molecular weight is 241 g/mol. The van der Waals surface area contributed by atoms with Crippen LogP contribution in [0.25, 0.3) is 10.8 Å². The predicted octanol–water partition coefficient (Wildman–Crippen LogP) is 3.66. The van der Waals surface area contributed by atoms with Gasteiger partial charge in [0.2, 0.25) is 0 Å². The molecule has 2 nitrogen and oxygen atoms in total. The summed E-state index contributed by atoms with van der Waals surface area (Å²) in [4.78, 5) is 2.22. The highest BCUT2D eigenvalue weighted by atomic mass is 16.3. The molecule has 0 amide bonds. The molecule has 0 bridgehead atoms. The zero-order valence-corrected chi connectivity index (χ0v) is 11.2. The van der Waals surface area contributed by atoms with E-state index in [0.29, 0.717) is 11.7 Å². The van der Waals surface area contributed by atoms with Gasteiger partial charge in [0.15, 0.2) is 0 Å². The zero-order valence-electron chi connectivity index (χ0n) is 11.2. The Hall–Kier alpha value is -1.70. The van der Waals surface area contributed by atoms with Crippen molar-refractivity contribution in [3.8, 4) is 5.75 Å². The van der Waals surface area contributed by atoms with Gasteiger partial charge in [0.25, 0.3) is 0 Å². The molecular weight excluding hydrogens is 222 g/mol. The van der Waals surface area contributed by atoms with E-state index in [0.717, 1.165) is 18.4 Å². The first-order valence-corrected chi connectivity index (χ1v) is 6.57. The molecule has 3 rings (SSSR count). The van der Waals surface area contributed by atoms with Crippen LogP contribution in [0.4, 0.5) is 5.69 Å². The molecule has 0 unspecified atom stereocenters. The van der Waals surface area contributed by atoms with E-state index >= 15 is 0 Å². The minimum absolute atomic E-state index is 0.396. The van der Waals surface area contributed by atoms with E-state index in [4.69, 9.17) is 0 Å². The van der Waals surface area contributed by atoms with Crippen molar-refractivity contribution in [2.24, 2.45) is 0 Å². The summed E-state index contributed by atoms with van der Waals surface area (Å²) in [6.07, 6.45) is 1.07. The lowest BCUT2D eigenvalue weighted by atomic mass is 9.95. The molecule has 18 heavy (non-hydrogen) atoms. The first kappa shape index (κ1) is 11.4. The van der Waals surface area contributed by atoms with Gasteiger partial charge >= 0.3 is 0 Å². The lowest BCUT2D eigenvalue weighted by Crippen LogP contribution is -2.12. The Kier molecular flexibility index (Phi) is 2.47. The van der Waals surface area contributed by atoms with Crippen molar-refractivity contribution in [3.05, 3.63) is 35.4 Å². The fraction of sp³-hybridized carbons (Fsp3) is 0.375. The van der Waals surface area contributed by atoms with E-state index in [2.05, 4.69) is 44.0 Å². The third-order valence-corrected chi connectivity index (χ3v) is 4.00. The highest BCUT2D eigenvalue weighted by Crippen LogP contribution is 2.39. The van der Waals surface area contributed by atoms with Crippen LogP contribution in [0.3, 0.4) is 0 Å². The molecule has 0 saturated heterocycles. The van der Waals surface area contributed by atoms with E-state index in [1.807, 2.05) is 6.07 Å². The molecule has 1 aliphatic heterocycles. The molecule has 0 radical (unpaired) electrons. The Labute approximate surface area is 108 Å². The number of rotatable bonds is 1. The maximum absolute atomic E-state index is 10.2. The van der Waals surface area contributed by atoms with Gasteiger partial charge in [-0.05, 0) is 28.9 Å². The van der Waals surface area contributed by atoms with Crippen LogP contribution in [-0.2, 0) is 6.42 Å². The number of hydrogen-bond acceptors (Lipinski definition) is 2. The second-order valence-corrected chi connectivity index (χ2v) is 5.52. The highest BCUT2D eigenvalue weighted by molar-refractivity contribution is 5.96. The third kappa shape index (κ3) is 1.56. The molecule has 0 aliphatic carbocycles. The maximum Gasteiger partial charge on any atom is 0.125 e. The summed E-state index contributed by atoms with van der Waals surface area (Å²) >= 11 is 0. The largest absolute Gasteiger partial charge is 0.507 e. The fourth-order valence-corrected chi connectivity index (χ4v) is 2.83. The van der Waals surface area contributed by atoms with Crippen LogP contribution in [0.5, 0.6) is 5.75 Å². The molecule has 2 aromatic rings. The summed E-state index contributed by atoms with van der Waals surface area (Å²) < 4.78 is 0. The summed E-state index contributed by atoms with van der Waals surface area (Å²) in [5.74, 6) is 0.916. The number of phenols is 1. The van der Waals surface area contributed by atoms with E-state index in [1.54, 1.807) is 0 Å². The first-order chi connectivity index (χ1) is 8.58. The van der Waals surface area contributed by atoms with Crippen LogP contribution in [0, 0.1) is 0 Å². The minimum atomic E-state index is 0.396. The van der Waals surface area contributed by atoms with Crippen LogP contribution in [0.2, 0.25) is 0 Å². The lowest BCUT2D eigenvalue weighted by Gasteiger charge is -2.15. The summed E-state index contributed by atoms with van der Waals surface area (Å²) in [6.45, 7) is 5.45. The maximum atomic E-state index is 10.2. The predicted molar refractivity (Wildman–Crippen MR) is 76.7 cm³/mol. The van der Waals surface area contributed by atoms with E-state index in [-0.39, 0.29) is 0 Å². The highest BCUT2D eigenvalue weighted by Gasteiger charge is 2.20. The quantitative estimate of drug-likeness (QED) is 0.823. The Morgan fingerprint density at radius 2 is 1.94 bits per heavy atom. The lowest BCUT2D eigenvalue weighted by molar-refractivity contribution is 0.481. The monoisotopic (exact) mass is 241 g/mol. The van der Waals surface area contributed by atoms with Crippen LogP contribution < -0.4 is 4.90 Å². The number of aromatic hydroxyl groups is 1. The number of phenolic OH excluding ortho intramolecular Hbond substituents is 1. The van der Waals surface area contributed by atoms with Crippen molar-refractivity contribution >= 4 is 16.5 Å². The van der Waals surface area contributed by atoms with Gasteiger partial charge in [-0.1, -0.05) is 32.0 Å². The van der Waals surface area contributed by atoms with E-state index in [9.17, 15) is 5.11 Å². The number of benzene rings is 2. The number of nitrogens with zero attached hydrogens (tertiary/aromatic N) is 1. The standard InChI is InChI=1S/C16H19NO/c1-10(2)11-4-5-13-14(8-11)12-6-7-17(3)15(12)9-16(13)18/h4-5,8-10,18H,6-7H2,1-3H3. The second-order valence-electron chi connectivity index (χ2n) is 5.52. The van der Waals surface area contributed by atoms with Crippen LogP contribution in [0.15, 0.2) is 24.3 Å². The zero-order chi connectivity index (χ0) is 12.9. The summed E-state index contributed by atoms with van der Waals surface area (Å²) in [6, 6.07) is 8.33. The van der Waals surface area contributed by atoms with Gasteiger partial charge in [0, 0.05) is 30.7 Å². The van der Waals surface area contributed by atoms with Crippen molar-refractivity contribution in [2.75, 3.05) is 18.5 Å². The van der Waals surface area contributed by atoms with Crippen molar-refractivity contribution in [1.82, 2.24) is 0 Å². The molecule has 0 spiro atoms. The number of fused-ring (bicyclic) bond motifs is 3. The molecule has 1 aliphatic rings. The molecule has 94 valence electrons. The Morgan fingerprint density at radius 3 is 2.67 bits per heavy atom. The van der Waals surface area contributed by atoms with Gasteiger partial charge in [-0.25, -0.2) is 0 Å². The Balaban J connectivity index is 2.33. The van der Waals surface area contributed by atoms with Gasteiger partial charge < -0.3 is 10.0 Å². The molecule has 0 aromatic heterocycles. The first-order valence-electron chi connectivity index (χ1n) is 6.57. The second kappa shape index (κ2) is 3.91. The fourth-order valence-electron chi connectivity index (χ4n) is 2.83. The Bertz CT molecular complexity index is 616. The average Bonchev–Trinajstić information content (AvgIpc) is 2.71. The van der Waals surface area contributed by atoms with Crippen molar-refractivity contribution in [3.63, 3.8) is 0 Å². The number of hydrogen-bond donors (Lipinski definition) is 1. The Morgan fingerprint density at radius 1 is 1.17 bits per heavy atom. The van der Waals surface area contributed by atoms with Gasteiger partial charge in [-0.15, -0.1) is 0 Å². The van der Waals surface area contributed by atoms with Crippen LogP contribution in [-0.4, -0.2) is 18.7 Å². The smallest absolute Gasteiger partial charge is 0.125 e. The third-order valence-electron chi connectivity index (χ3n) is 4.00. The van der Waals surface area contributed by atoms with Gasteiger partial charge in [-0.3, -0.25) is 0 Å². The summed E-state index contributed by atoms with van der Waals surface area (Å²) in [5.41, 5.74) is 3.90. The number of likely N-dealkylation sites (N-methyl/N-ethyl adjacent to an activating group) is 1. The van der Waals surface area contributed by atoms with Crippen molar-refractivity contribution < 1.29 is 5.11 Å². The number of anilines is 1. The molecule has 0 fully saturated rings. The van der Waals surface area contributed by atoms with Gasteiger partial charge in [-0.2, -0.15) is 0 Å². The molecule has 2 heteroatoms. The SMILES string of the molecule is CC(C)c1ccc2c(O)cc3c(c2c1)CCN3C. The molecular formula is C16H19NO. The van der Waals surface area contributed by atoms with Crippen molar-refractivity contribution in [1.29, 1.82) is 0 Å². The van der Waals surface area contributed by atoms with Crippen LogP contribution >= 0.6 is 0 Å². The minimum Gasteiger partial charge on any atom is -0.507 e. The molecule has 0 saturated carbocycles. The summed E-state index contributed by atoms with van der Waals surface area (Å²) in [7, 11) is 2.09. The van der Waals surface area contributed by atoms with Crippen LogP contribution in [0.1, 0.15) is 30.9 Å². The summed E-state index contributed by atoms with van der Waals surface area (Å²) in [5, 5.41) is 12.4. The van der Waals surface area contributed by atoms with E-state index in [1.165, 1.54) is 22.2 Å². The molecule has 1 N–H and O–H groups in total. The van der Waals surface area contributed by atoms with E-state index < -0.39 is 0 Å². The molecule has 2 aromatic carbocycles. The van der Waals surface area contributed by atoms with Gasteiger partial charge in [0.05, 0.1) is 0 Å². The molecule has 0 atom stereocenters. The van der Waals surface area contributed by atoms with Gasteiger partial charge in [0.1, 0.15) is 5.75 Å².